The third-order valence-corrected chi connectivity index (χ3v) is 2.71. The second-order valence-corrected chi connectivity index (χ2v) is 3.98. The maximum atomic E-state index is 13.1. The highest BCUT2D eigenvalue weighted by Gasteiger charge is 2.14. The van der Waals surface area contributed by atoms with E-state index in [2.05, 4.69) is 5.32 Å². The van der Waals surface area contributed by atoms with E-state index in [4.69, 9.17) is 21.8 Å². The monoisotopic (exact) mass is 254 g/mol. The molecule has 1 aromatic heterocycles. The number of nitrogens with one attached hydrogen (secondary N) is 1. The number of anilines is 1. The van der Waals surface area contributed by atoms with Crippen LogP contribution in [0.5, 0.6) is 0 Å². The molecule has 0 amide bonds. The number of hydrogen-bond donors (Lipinski definition) is 2. The molecule has 0 saturated heterocycles. The lowest BCUT2D eigenvalue weighted by atomic mass is 10.2. The minimum atomic E-state index is -0.355. The fourth-order valence-corrected chi connectivity index (χ4v) is 1.70. The van der Waals surface area contributed by atoms with Crippen molar-refractivity contribution >= 4 is 17.3 Å². The van der Waals surface area contributed by atoms with Crippen molar-refractivity contribution in [2.24, 2.45) is 5.73 Å². The van der Waals surface area contributed by atoms with E-state index < -0.39 is 0 Å². The molecule has 0 aliphatic carbocycles. The smallest absolute Gasteiger partial charge is 0.127 e. The predicted octanol–water partition coefficient (Wildman–Crippen LogP) is 3.18. The number of halogens is 2. The van der Waals surface area contributed by atoms with Crippen molar-refractivity contribution in [3.63, 3.8) is 0 Å². The molecular weight excluding hydrogens is 243 g/mol. The lowest BCUT2D eigenvalue weighted by Gasteiger charge is -2.16. The van der Waals surface area contributed by atoms with E-state index in [9.17, 15) is 4.39 Å². The molecule has 5 heteroatoms. The van der Waals surface area contributed by atoms with E-state index in [1.54, 1.807) is 18.4 Å². The molecule has 0 bridgehead atoms. The third kappa shape index (κ3) is 2.78. The Balaban J connectivity index is 2.21. The first-order chi connectivity index (χ1) is 8.20. The summed E-state index contributed by atoms with van der Waals surface area (Å²) >= 11 is 5.96. The molecule has 2 aromatic rings. The van der Waals surface area contributed by atoms with Crippen LogP contribution in [0.2, 0.25) is 5.02 Å². The van der Waals surface area contributed by atoms with E-state index in [0.29, 0.717) is 23.0 Å². The summed E-state index contributed by atoms with van der Waals surface area (Å²) < 4.78 is 18.3. The van der Waals surface area contributed by atoms with Gasteiger partial charge in [0.2, 0.25) is 0 Å². The fraction of sp³-hybridized carbons (Fsp3) is 0.167. The van der Waals surface area contributed by atoms with Gasteiger partial charge >= 0.3 is 0 Å². The number of furan rings is 1. The Morgan fingerprint density at radius 3 is 2.88 bits per heavy atom. The van der Waals surface area contributed by atoms with Gasteiger partial charge in [-0.05, 0) is 30.3 Å². The Kier molecular flexibility index (Phi) is 3.66. The van der Waals surface area contributed by atoms with Gasteiger partial charge in [-0.25, -0.2) is 4.39 Å². The van der Waals surface area contributed by atoms with Crippen LogP contribution < -0.4 is 11.1 Å². The van der Waals surface area contributed by atoms with Gasteiger partial charge in [-0.15, -0.1) is 0 Å². The average molecular weight is 255 g/mol. The molecule has 17 heavy (non-hydrogen) atoms. The molecule has 0 radical (unpaired) electrons. The molecule has 3 N–H and O–H groups in total. The van der Waals surface area contributed by atoms with Crippen LogP contribution in [0.1, 0.15) is 11.8 Å². The Morgan fingerprint density at radius 1 is 1.41 bits per heavy atom. The second kappa shape index (κ2) is 5.21. The minimum Gasteiger partial charge on any atom is -0.467 e. The van der Waals surface area contributed by atoms with Crippen LogP contribution >= 0.6 is 11.6 Å². The summed E-state index contributed by atoms with van der Waals surface area (Å²) in [5.74, 6) is 0.333. The Hall–Kier alpha value is -1.52. The first-order valence-corrected chi connectivity index (χ1v) is 5.53. The highest BCUT2D eigenvalue weighted by molar-refractivity contribution is 6.33. The average Bonchev–Trinajstić information content (AvgIpc) is 2.84. The zero-order valence-corrected chi connectivity index (χ0v) is 9.75. The van der Waals surface area contributed by atoms with Gasteiger partial charge in [-0.1, -0.05) is 11.6 Å². The first-order valence-electron chi connectivity index (χ1n) is 5.16. The van der Waals surface area contributed by atoms with Crippen LogP contribution in [0.25, 0.3) is 0 Å². The first kappa shape index (κ1) is 12.0. The van der Waals surface area contributed by atoms with Gasteiger partial charge in [0.1, 0.15) is 11.6 Å². The van der Waals surface area contributed by atoms with Crippen LogP contribution in [-0.4, -0.2) is 6.54 Å². The number of rotatable bonds is 4. The van der Waals surface area contributed by atoms with Gasteiger partial charge in [-0.3, -0.25) is 0 Å². The van der Waals surface area contributed by atoms with Gasteiger partial charge in [0.15, 0.2) is 0 Å². The van der Waals surface area contributed by atoms with E-state index >= 15 is 0 Å². The normalized spacial score (nSPS) is 12.4. The largest absolute Gasteiger partial charge is 0.467 e. The zero-order chi connectivity index (χ0) is 12.3. The molecule has 1 aromatic carbocycles. The van der Waals surface area contributed by atoms with Crippen molar-refractivity contribution < 1.29 is 8.81 Å². The maximum absolute atomic E-state index is 13.1. The lowest BCUT2D eigenvalue weighted by Crippen LogP contribution is -2.20. The number of nitrogens with two attached hydrogens (primary N) is 1. The highest BCUT2D eigenvalue weighted by atomic mass is 35.5. The van der Waals surface area contributed by atoms with Crippen LogP contribution in [0.3, 0.4) is 0 Å². The molecule has 0 aliphatic rings. The zero-order valence-electron chi connectivity index (χ0n) is 8.99. The molecule has 2 rings (SSSR count). The molecule has 0 spiro atoms. The quantitative estimate of drug-likeness (QED) is 0.881. The summed E-state index contributed by atoms with van der Waals surface area (Å²) in [5, 5.41) is 3.49. The second-order valence-electron chi connectivity index (χ2n) is 3.57. The van der Waals surface area contributed by atoms with Crippen molar-refractivity contribution in [2.45, 2.75) is 6.04 Å². The topological polar surface area (TPSA) is 51.2 Å². The molecule has 90 valence electrons. The Labute approximate surface area is 103 Å². The fourth-order valence-electron chi connectivity index (χ4n) is 1.53. The standard InChI is InChI=1S/C12H12ClFN2O/c13-9-4-3-8(14)6-10(9)16-11(7-15)12-2-1-5-17-12/h1-6,11,16H,7,15H2. The molecular formula is C12H12ClFN2O. The molecule has 1 atom stereocenters. The molecule has 1 unspecified atom stereocenters. The lowest BCUT2D eigenvalue weighted by molar-refractivity contribution is 0.481. The van der Waals surface area contributed by atoms with Gasteiger partial charge < -0.3 is 15.5 Å². The predicted molar refractivity (Wildman–Crippen MR) is 65.5 cm³/mol. The van der Waals surface area contributed by atoms with Crippen LogP contribution in [0.4, 0.5) is 10.1 Å². The van der Waals surface area contributed by atoms with Crippen molar-refractivity contribution in [3.8, 4) is 0 Å². The Morgan fingerprint density at radius 2 is 2.24 bits per heavy atom. The molecule has 0 saturated carbocycles. The van der Waals surface area contributed by atoms with E-state index in [1.807, 2.05) is 0 Å². The third-order valence-electron chi connectivity index (χ3n) is 2.38. The minimum absolute atomic E-state index is 0.232. The van der Waals surface area contributed by atoms with Crippen molar-refractivity contribution in [3.05, 3.63) is 53.2 Å². The maximum Gasteiger partial charge on any atom is 0.127 e. The summed E-state index contributed by atoms with van der Waals surface area (Å²) in [7, 11) is 0. The summed E-state index contributed by atoms with van der Waals surface area (Å²) in [4.78, 5) is 0. The molecule has 0 aliphatic heterocycles. The summed E-state index contributed by atoms with van der Waals surface area (Å²) in [5.41, 5.74) is 6.14. The van der Waals surface area contributed by atoms with E-state index in [-0.39, 0.29) is 11.9 Å². The van der Waals surface area contributed by atoms with Crippen LogP contribution in [0.15, 0.2) is 41.0 Å². The van der Waals surface area contributed by atoms with Crippen LogP contribution in [-0.2, 0) is 0 Å². The van der Waals surface area contributed by atoms with Crippen molar-refractivity contribution in [2.75, 3.05) is 11.9 Å². The van der Waals surface area contributed by atoms with Gasteiger partial charge in [0.05, 0.1) is 23.0 Å². The number of benzene rings is 1. The van der Waals surface area contributed by atoms with Gasteiger partial charge in [0, 0.05) is 6.54 Å². The molecule has 1 heterocycles. The molecule has 0 fully saturated rings. The van der Waals surface area contributed by atoms with Crippen LogP contribution in [0, 0.1) is 5.82 Å². The van der Waals surface area contributed by atoms with Crippen molar-refractivity contribution in [1.82, 2.24) is 0 Å². The summed E-state index contributed by atoms with van der Waals surface area (Å²) in [6.45, 7) is 0.320. The van der Waals surface area contributed by atoms with E-state index in [0.717, 1.165) is 0 Å². The highest BCUT2D eigenvalue weighted by Crippen LogP contribution is 2.26. The van der Waals surface area contributed by atoms with Crippen molar-refractivity contribution in [1.29, 1.82) is 0 Å². The van der Waals surface area contributed by atoms with Gasteiger partial charge in [-0.2, -0.15) is 0 Å². The Bertz CT molecular complexity index is 487. The summed E-state index contributed by atoms with van der Waals surface area (Å²) in [6.07, 6.45) is 1.56. The number of hydrogen-bond acceptors (Lipinski definition) is 3. The SMILES string of the molecule is NCC(Nc1cc(F)ccc1Cl)c1ccco1. The summed E-state index contributed by atoms with van der Waals surface area (Å²) in [6, 6.07) is 7.47. The van der Waals surface area contributed by atoms with E-state index in [1.165, 1.54) is 18.2 Å². The van der Waals surface area contributed by atoms with Gasteiger partial charge in [0.25, 0.3) is 0 Å². The molecule has 3 nitrogen and oxygen atoms in total.